The topological polar surface area (TPSA) is 101 Å². The average molecular weight is 447 g/mol. The van der Waals surface area contributed by atoms with Gasteiger partial charge in [0.05, 0.1) is 18.1 Å². The summed E-state index contributed by atoms with van der Waals surface area (Å²) in [6.07, 6.45) is 7.49. The molecule has 4 aliphatic carbocycles. The van der Waals surface area contributed by atoms with Gasteiger partial charge in [-0.1, -0.05) is 26.3 Å². The standard InChI is InChI=1S/C26H38O6/c1-15-20-14-17(28)6-10-24(20,3)18-7-11-25(4)19(22(18)21(15)23(29)30)8-12-26(25,31)9-5-13-32-16(2)27/h14-15,18-19,21-22,31H,5-13H2,1-4H3,(H,29,30)/t15-,18+,19+,21-,22-,24-,25+,26+/m1/s1. The van der Waals surface area contributed by atoms with Gasteiger partial charge in [-0.2, -0.15) is 0 Å². The summed E-state index contributed by atoms with van der Waals surface area (Å²) in [4.78, 5) is 35.9. The highest BCUT2D eigenvalue weighted by molar-refractivity contribution is 5.92. The Kier molecular flexibility index (Phi) is 5.84. The number of aliphatic carboxylic acids is 1. The van der Waals surface area contributed by atoms with Gasteiger partial charge in [0.15, 0.2) is 5.78 Å². The van der Waals surface area contributed by atoms with Gasteiger partial charge in [0, 0.05) is 13.3 Å². The smallest absolute Gasteiger partial charge is 0.307 e. The molecule has 32 heavy (non-hydrogen) atoms. The molecule has 6 heteroatoms. The predicted molar refractivity (Wildman–Crippen MR) is 119 cm³/mol. The number of fused-ring (bicyclic) bond motifs is 5. The van der Waals surface area contributed by atoms with E-state index in [2.05, 4.69) is 13.8 Å². The summed E-state index contributed by atoms with van der Waals surface area (Å²) < 4.78 is 5.08. The Bertz CT molecular complexity index is 847. The van der Waals surface area contributed by atoms with Crippen LogP contribution in [0.5, 0.6) is 0 Å². The molecule has 0 spiro atoms. The Labute approximate surface area is 190 Å². The van der Waals surface area contributed by atoms with Gasteiger partial charge in [-0.3, -0.25) is 14.4 Å². The van der Waals surface area contributed by atoms with E-state index < -0.39 is 17.5 Å². The number of carboxylic acid groups (broad SMARTS) is 1. The summed E-state index contributed by atoms with van der Waals surface area (Å²) in [6.45, 7) is 8.10. The van der Waals surface area contributed by atoms with E-state index >= 15 is 0 Å². The summed E-state index contributed by atoms with van der Waals surface area (Å²) >= 11 is 0. The maximum Gasteiger partial charge on any atom is 0.307 e. The SMILES string of the molecule is CC(=O)OCCC[C@]1(O)CC[C@H]2[C@@H]3[C@H](C(=O)O)[C@H](C)C4=CC(=O)CC[C@]4(C)[C@H]3CC[C@@]21C. The molecule has 6 nitrogen and oxygen atoms in total. The summed E-state index contributed by atoms with van der Waals surface area (Å²) in [5, 5.41) is 22.1. The number of allylic oxidation sites excluding steroid dienone is 1. The molecule has 2 N–H and O–H groups in total. The molecule has 0 aliphatic heterocycles. The average Bonchev–Trinajstić information content (AvgIpc) is 2.98. The van der Waals surface area contributed by atoms with Crippen LogP contribution in [-0.4, -0.2) is 40.1 Å². The second-order valence-corrected chi connectivity index (χ2v) is 11.4. The van der Waals surface area contributed by atoms with Gasteiger partial charge in [0.2, 0.25) is 0 Å². The van der Waals surface area contributed by atoms with Crippen molar-refractivity contribution in [2.75, 3.05) is 6.61 Å². The van der Waals surface area contributed by atoms with Crippen molar-refractivity contribution in [2.45, 2.75) is 84.7 Å². The van der Waals surface area contributed by atoms with Crippen LogP contribution in [0.4, 0.5) is 0 Å². The number of esters is 1. The van der Waals surface area contributed by atoms with Crippen LogP contribution < -0.4 is 0 Å². The molecule has 0 bridgehead atoms. The number of carbonyl (C=O) groups excluding carboxylic acids is 2. The highest BCUT2D eigenvalue weighted by atomic mass is 16.5. The number of rotatable bonds is 5. The van der Waals surface area contributed by atoms with Crippen LogP contribution in [0, 0.1) is 40.4 Å². The Hall–Kier alpha value is -1.69. The van der Waals surface area contributed by atoms with Crippen LogP contribution in [0.2, 0.25) is 0 Å². The number of carbonyl (C=O) groups is 3. The molecule has 4 rings (SSSR count). The Morgan fingerprint density at radius 3 is 2.50 bits per heavy atom. The minimum absolute atomic E-state index is 0.000836. The third-order valence-corrected chi connectivity index (χ3v) is 10.1. The van der Waals surface area contributed by atoms with Crippen molar-refractivity contribution in [3.05, 3.63) is 11.6 Å². The van der Waals surface area contributed by atoms with E-state index in [9.17, 15) is 24.6 Å². The van der Waals surface area contributed by atoms with Crippen LogP contribution >= 0.6 is 0 Å². The molecule has 3 saturated carbocycles. The maximum absolute atomic E-state index is 12.6. The normalized spacial score (nSPS) is 45.3. The molecule has 3 fully saturated rings. The van der Waals surface area contributed by atoms with Gasteiger partial charge in [-0.15, -0.1) is 0 Å². The number of hydrogen-bond acceptors (Lipinski definition) is 5. The van der Waals surface area contributed by atoms with E-state index in [1.165, 1.54) is 6.92 Å². The third kappa shape index (κ3) is 3.36. The molecule has 0 aromatic heterocycles. The molecule has 0 heterocycles. The molecule has 8 atom stereocenters. The molecule has 4 aliphatic rings. The fourth-order valence-corrected chi connectivity index (χ4v) is 8.44. The first kappa shape index (κ1) is 23.5. The maximum atomic E-state index is 12.6. The van der Waals surface area contributed by atoms with Crippen molar-refractivity contribution >= 4 is 17.7 Å². The largest absolute Gasteiger partial charge is 0.481 e. The van der Waals surface area contributed by atoms with Crippen LogP contribution in [0.25, 0.3) is 0 Å². The predicted octanol–water partition coefficient (Wildman–Crippen LogP) is 4.15. The van der Waals surface area contributed by atoms with Crippen molar-refractivity contribution in [1.29, 1.82) is 0 Å². The van der Waals surface area contributed by atoms with Gasteiger partial charge < -0.3 is 14.9 Å². The second-order valence-electron chi connectivity index (χ2n) is 11.4. The molecule has 0 aromatic carbocycles. The summed E-state index contributed by atoms with van der Waals surface area (Å²) in [6, 6.07) is 0. The number of carboxylic acids is 1. The van der Waals surface area contributed by atoms with Gasteiger partial charge in [0.25, 0.3) is 0 Å². The molecule has 178 valence electrons. The van der Waals surface area contributed by atoms with Crippen LogP contribution in [0.15, 0.2) is 11.6 Å². The monoisotopic (exact) mass is 446 g/mol. The van der Waals surface area contributed by atoms with Gasteiger partial charge >= 0.3 is 11.9 Å². The minimum atomic E-state index is -0.866. The lowest BCUT2D eigenvalue weighted by atomic mass is 9.42. The summed E-state index contributed by atoms with van der Waals surface area (Å²) in [5.41, 5.74) is -0.309. The number of ketones is 1. The fraction of sp³-hybridized carbons (Fsp3) is 0.808. The van der Waals surface area contributed by atoms with E-state index in [-0.39, 0.29) is 46.3 Å². The molecule has 0 aromatic rings. The van der Waals surface area contributed by atoms with Crippen molar-refractivity contribution < 1.29 is 29.3 Å². The van der Waals surface area contributed by atoms with Crippen LogP contribution in [0.3, 0.4) is 0 Å². The lowest BCUT2D eigenvalue weighted by Crippen LogP contribution is -2.59. The number of hydrogen-bond donors (Lipinski definition) is 2. The first-order chi connectivity index (χ1) is 14.9. The Morgan fingerprint density at radius 1 is 1.16 bits per heavy atom. The zero-order chi connectivity index (χ0) is 23.5. The van der Waals surface area contributed by atoms with Crippen molar-refractivity contribution in [3.8, 4) is 0 Å². The minimum Gasteiger partial charge on any atom is -0.481 e. The second kappa shape index (κ2) is 7.96. The molecule has 0 radical (unpaired) electrons. The number of ether oxygens (including phenoxy) is 1. The van der Waals surface area contributed by atoms with Crippen molar-refractivity contribution in [3.63, 3.8) is 0 Å². The van der Waals surface area contributed by atoms with E-state index in [0.29, 0.717) is 32.3 Å². The van der Waals surface area contributed by atoms with Gasteiger partial charge in [-0.25, -0.2) is 0 Å². The molecule has 0 saturated heterocycles. The first-order valence-corrected chi connectivity index (χ1v) is 12.3. The molecular formula is C26H38O6. The zero-order valence-electron chi connectivity index (χ0n) is 19.9. The van der Waals surface area contributed by atoms with Crippen LogP contribution in [-0.2, 0) is 19.1 Å². The number of aliphatic hydroxyl groups is 1. The highest BCUT2D eigenvalue weighted by Crippen LogP contribution is 2.70. The van der Waals surface area contributed by atoms with Gasteiger partial charge in [0.1, 0.15) is 0 Å². The lowest BCUT2D eigenvalue weighted by molar-refractivity contribution is -0.171. The quantitative estimate of drug-likeness (QED) is 0.486. The van der Waals surface area contributed by atoms with Crippen molar-refractivity contribution in [1.82, 2.24) is 0 Å². The molecule has 0 unspecified atom stereocenters. The van der Waals surface area contributed by atoms with Crippen LogP contribution in [0.1, 0.15) is 79.1 Å². The molecular weight excluding hydrogens is 408 g/mol. The third-order valence-electron chi connectivity index (χ3n) is 10.1. The fourth-order valence-electron chi connectivity index (χ4n) is 8.44. The van der Waals surface area contributed by atoms with Gasteiger partial charge in [-0.05, 0) is 85.5 Å². The lowest BCUT2D eigenvalue weighted by Gasteiger charge is -2.62. The molecule has 0 amide bonds. The van der Waals surface area contributed by atoms with E-state index in [4.69, 9.17) is 4.74 Å². The van der Waals surface area contributed by atoms with Crippen molar-refractivity contribution in [2.24, 2.45) is 40.4 Å². The highest BCUT2D eigenvalue weighted by Gasteiger charge is 2.67. The summed E-state index contributed by atoms with van der Waals surface area (Å²) in [7, 11) is 0. The van der Waals surface area contributed by atoms with E-state index in [0.717, 1.165) is 31.3 Å². The Balaban J connectivity index is 1.66. The zero-order valence-corrected chi connectivity index (χ0v) is 19.9. The Morgan fingerprint density at radius 2 is 1.84 bits per heavy atom. The summed E-state index contributed by atoms with van der Waals surface area (Å²) in [5.74, 6) is -1.31. The van der Waals surface area contributed by atoms with E-state index in [1.54, 1.807) is 6.08 Å². The van der Waals surface area contributed by atoms with E-state index in [1.807, 2.05) is 6.92 Å². The first-order valence-electron chi connectivity index (χ1n) is 12.3.